The average molecular weight is 277 g/mol. The highest BCUT2D eigenvalue weighted by atomic mass is 19.1. The maximum atomic E-state index is 13.8. The van der Waals surface area contributed by atoms with Crippen LogP contribution in [0.1, 0.15) is 32.1 Å². The minimum Gasteiger partial charge on any atom is -0.369 e. The van der Waals surface area contributed by atoms with Gasteiger partial charge >= 0.3 is 0 Å². The summed E-state index contributed by atoms with van der Waals surface area (Å²) in [4.78, 5) is 8.48. The molecule has 0 atom stereocenters. The molecule has 0 saturated carbocycles. The Bertz CT molecular complexity index is 455. The standard InChI is InChI=1S/C16H24FN3/c1-19-9-2-4-16(5-10-19)6-11-20(12-7-16)15-3-8-18-13-14(15)17/h3,8,13H,2,4-7,9-12H2,1H3. The van der Waals surface area contributed by atoms with Gasteiger partial charge in [0.2, 0.25) is 0 Å². The molecule has 2 aliphatic heterocycles. The van der Waals surface area contributed by atoms with E-state index in [1.165, 1.54) is 51.4 Å². The largest absolute Gasteiger partial charge is 0.369 e. The number of pyridine rings is 1. The van der Waals surface area contributed by atoms with E-state index in [-0.39, 0.29) is 5.82 Å². The van der Waals surface area contributed by atoms with Crippen LogP contribution in [-0.4, -0.2) is 43.1 Å². The average Bonchev–Trinajstić information content (AvgIpc) is 2.64. The Balaban J connectivity index is 1.66. The summed E-state index contributed by atoms with van der Waals surface area (Å²) in [6.07, 6.45) is 9.34. The number of rotatable bonds is 1. The van der Waals surface area contributed by atoms with Gasteiger partial charge in [0.1, 0.15) is 0 Å². The number of nitrogens with zero attached hydrogens (tertiary/aromatic N) is 3. The normalized spacial score (nSPS) is 23.8. The van der Waals surface area contributed by atoms with E-state index < -0.39 is 0 Å². The van der Waals surface area contributed by atoms with Crippen LogP contribution in [0.15, 0.2) is 18.5 Å². The number of anilines is 1. The molecule has 3 rings (SSSR count). The van der Waals surface area contributed by atoms with Crippen LogP contribution in [-0.2, 0) is 0 Å². The topological polar surface area (TPSA) is 19.4 Å². The first-order valence-corrected chi connectivity index (χ1v) is 7.72. The summed E-state index contributed by atoms with van der Waals surface area (Å²) in [5.41, 5.74) is 1.23. The molecule has 1 aromatic rings. The van der Waals surface area contributed by atoms with Gasteiger partial charge in [-0.25, -0.2) is 4.39 Å². The monoisotopic (exact) mass is 277 g/mol. The highest BCUT2D eigenvalue weighted by molar-refractivity contribution is 5.46. The molecule has 2 aliphatic rings. The lowest BCUT2D eigenvalue weighted by Crippen LogP contribution is -2.41. The van der Waals surface area contributed by atoms with E-state index in [1.54, 1.807) is 12.3 Å². The Morgan fingerprint density at radius 3 is 2.60 bits per heavy atom. The zero-order valence-electron chi connectivity index (χ0n) is 12.3. The van der Waals surface area contributed by atoms with Crippen LogP contribution in [0.5, 0.6) is 0 Å². The maximum Gasteiger partial charge on any atom is 0.164 e. The summed E-state index contributed by atoms with van der Waals surface area (Å²) in [6.45, 7) is 4.39. The van der Waals surface area contributed by atoms with E-state index >= 15 is 0 Å². The third kappa shape index (κ3) is 2.80. The van der Waals surface area contributed by atoms with Gasteiger partial charge in [-0.3, -0.25) is 4.98 Å². The van der Waals surface area contributed by atoms with Gasteiger partial charge in [0.05, 0.1) is 11.9 Å². The van der Waals surface area contributed by atoms with Gasteiger partial charge in [0, 0.05) is 19.3 Å². The van der Waals surface area contributed by atoms with Crippen molar-refractivity contribution in [3.8, 4) is 0 Å². The Hall–Kier alpha value is -1.16. The fourth-order valence-corrected chi connectivity index (χ4v) is 3.74. The lowest BCUT2D eigenvalue weighted by atomic mass is 9.73. The predicted molar refractivity (Wildman–Crippen MR) is 79.4 cm³/mol. The molecule has 0 N–H and O–H groups in total. The fourth-order valence-electron chi connectivity index (χ4n) is 3.74. The zero-order chi connectivity index (χ0) is 14.0. The van der Waals surface area contributed by atoms with Crippen LogP contribution in [0.2, 0.25) is 0 Å². The number of likely N-dealkylation sites (tertiary alicyclic amines) is 1. The van der Waals surface area contributed by atoms with E-state index in [4.69, 9.17) is 0 Å². The summed E-state index contributed by atoms with van der Waals surface area (Å²) < 4.78 is 13.8. The molecule has 0 unspecified atom stereocenters. The first kappa shape index (κ1) is 13.8. The minimum absolute atomic E-state index is 0.191. The molecular weight excluding hydrogens is 253 g/mol. The van der Waals surface area contributed by atoms with Gasteiger partial charge in [-0.1, -0.05) is 0 Å². The summed E-state index contributed by atoms with van der Waals surface area (Å²) in [7, 11) is 2.22. The third-order valence-electron chi connectivity index (χ3n) is 5.19. The summed E-state index contributed by atoms with van der Waals surface area (Å²) >= 11 is 0. The quantitative estimate of drug-likeness (QED) is 0.787. The van der Waals surface area contributed by atoms with Crippen molar-refractivity contribution in [1.82, 2.24) is 9.88 Å². The Morgan fingerprint density at radius 1 is 1.10 bits per heavy atom. The Labute approximate surface area is 120 Å². The molecule has 1 spiro atoms. The van der Waals surface area contributed by atoms with Gasteiger partial charge in [-0.2, -0.15) is 0 Å². The second kappa shape index (κ2) is 5.68. The van der Waals surface area contributed by atoms with E-state index in [9.17, 15) is 4.39 Å². The van der Waals surface area contributed by atoms with Crippen molar-refractivity contribution in [3.63, 3.8) is 0 Å². The maximum absolute atomic E-state index is 13.8. The van der Waals surface area contributed by atoms with Crippen LogP contribution in [0.3, 0.4) is 0 Å². The van der Waals surface area contributed by atoms with E-state index in [0.29, 0.717) is 5.41 Å². The number of aromatic nitrogens is 1. The molecule has 0 amide bonds. The first-order valence-electron chi connectivity index (χ1n) is 7.72. The highest BCUT2D eigenvalue weighted by Crippen LogP contribution is 2.42. The smallest absolute Gasteiger partial charge is 0.164 e. The number of hydrogen-bond acceptors (Lipinski definition) is 3. The minimum atomic E-state index is -0.191. The van der Waals surface area contributed by atoms with Crippen LogP contribution in [0.4, 0.5) is 10.1 Å². The van der Waals surface area contributed by atoms with Gasteiger partial charge in [-0.15, -0.1) is 0 Å². The third-order valence-corrected chi connectivity index (χ3v) is 5.19. The van der Waals surface area contributed by atoms with Crippen molar-refractivity contribution < 1.29 is 4.39 Å². The number of piperidine rings is 1. The van der Waals surface area contributed by atoms with Crippen LogP contribution < -0.4 is 4.90 Å². The molecule has 0 bridgehead atoms. The van der Waals surface area contributed by atoms with Crippen molar-refractivity contribution in [2.45, 2.75) is 32.1 Å². The van der Waals surface area contributed by atoms with Crippen LogP contribution >= 0.6 is 0 Å². The highest BCUT2D eigenvalue weighted by Gasteiger charge is 2.35. The van der Waals surface area contributed by atoms with Crippen molar-refractivity contribution in [2.24, 2.45) is 5.41 Å². The second-order valence-corrected chi connectivity index (χ2v) is 6.47. The van der Waals surface area contributed by atoms with Crippen LogP contribution in [0, 0.1) is 11.2 Å². The summed E-state index contributed by atoms with van der Waals surface area (Å²) in [5.74, 6) is -0.191. The molecule has 2 saturated heterocycles. The van der Waals surface area contributed by atoms with Gasteiger partial charge < -0.3 is 9.80 Å². The Morgan fingerprint density at radius 2 is 1.85 bits per heavy atom. The molecule has 20 heavy (non-hydrogen) atoms. The van der Waals surface area contributed by atoms with E-state index in [2.05, 4.69) is 21.8 Å². The SMILES string of the molecule is CN1CCCC2(CC1)CCN(c1ccncc1F)CC2. The predicted octanol–water partition coefficient (Wildman–Crippen LogP) is 2.92. The number of halogens is 1. The molecule has 1 aromatic heterocycles. The van der Waals surface area contributed by atoms with Gasteiger partial charge in [0.15, 0.2) is 5.82 Å². The van der Waals surface area contributed by atoms with Crippen molar-refractivity contribution >= 4 is 5.69 Å². The van der Waals surface area contributed by atoms with Crippen molar-refractivity contribution in [2.75, 3.05) is 38.1 Å². The summed E-state index contributed by atoms with van der Waals surface area (Å²) in [5, 5.41) is 0. The van der Waals surface area contributed by atoms with Gasteiger partial charge in [-0.05, 0) is 63.7 Å². The molecule has 3 nitrogen and oxygen atoms in total. The molecule has 0 aromatic carbocycles. The fraction of sp³-hybridized carbons (Fsp3) is 0.688. The molecule has 4 heteroatoms. The Kier molecular flexibility index (Phi) is 3.92. The lowest BCUT2D eigenvalue weighted by molar-refractivity contribution is 0.184. The van der Waals surface area contributed by atoms with E-state index in [0.717, 1.165) is 18.8 Å². The molecule has 3 heterocycles. The van der Waals surface area contributed by atoms with E-state index in [1.807, 2.05) is 0 Å². The summed E-state index contributed by atoms with van der Waals surface area (Å²) in [6, 6.07) is 1.80. The second-order valence-electron chi connectivity index (χ2n) is 6.47. The van der Waals surface area contributed by atoms with Gasteiger partial charge in [0.25, 0.3) is 0 Å². The molecule has 0 radical (unpaired) electrons. The molecule has 2 fully saturated rings. The zero-order valence-corrected chi connectivity index (χ0v) is 12.3. The van der Waals surface area contributed by atoms with Crippen LogP contribution in [0.25, 0.3) is 0 Å². The number of hydrogen-bond donors (Lipinski definition) is 0. The lowest BCUT2D eigenvalue weighted by Gasteiger charge is -2.42. The van der Waals surface area contributed by atoms with Crippen molar-refractivity contribution in [3.05, 3.63) is 24.3 Å². The van der Waals surface area contributed by atoms with Crippen molar-refractivity contribution in [1.29, 1.82) is 0 Å². The molecule has 110 valence electrons. The molecular formula is C16H24FN3. The first-order chi connectivity index (χ1) is 9.69. The molecule has 0 aliphatic carbocycles.